The van der Waals surface area contributed by atoms with Crippen molar-refractivity contribution in [3.05, 3.63) is 64.0 Å². The summed E-state index contributed by atoms with van der Waals surface area (Å²) in [6, 6.07) is 13.1. The number of imide groups is 1. The first-order valence-electron chi connectivity index (χ1n) is 7.42. The molecule has 0 bridgehead atoms. The highest BCUT2D eigenvalue weighted by Crippen LogP contribution is 2.36. The monoisotopic (exact) mass is 389 g/mol. The van der Waals surface area contributed by atoms with Crippen LogP contribution in [0, 0.1) is 0 Å². The van der Waals surface area contributed by atoms with Gasteiger partial charge in [-0.15, -0.1) is 0 Å². The number of anilines is 1. The van der Waals surface area contributed by atoms with Crippen LogP contribution in [0.3, 0.4) is 0 Å². The maximum atomic E-state index is 12.6. The molecule has 0 radical (unpaired) electrons. The summed E-state index contributed by atoms with van der Waals surface area (Å²) >= 11 is 6.75. The Morgan fingerprint density at radius 1 is 1.19 bits per heavy atom. The second-order valence-corrected chi connectivity index (χ2v) is 6.68. The van der Waals surface area contributed by atoms with Gasteiger partial charge >= 0.3 is 5.97 Å². The number of carboxylic acids is 1. The van der Waals surface area contributed by atoms with Crippen molar-refractivity contribution < 1.29 is 24.2 Å². The second kappa shape index (κ2) is 7.63. The number of benzene rings is 2. The number of nitrogens with zero attached hydrogens (tertiary/aromatic N) is 1. The highest BCUT2D eigenvalue weighted by molar-refractivity contribution is 8.19. The molecule has 1 heterocycles. The molecule has 3 rings (SSSR count). The zero-order valence-corrected chi connectivity index (χ0v) is 14.8. The van der Waals surface area contributed by atoms with Crippen LogP contribution in [0.15, 0.2) is 53.4 Å². The minimum absolute atomic E-state index is 0.255. The molecule has 26 heavy (non-hydrogen) atoms. The van der Waals surface area contributed by atoms with Crippen molar-refractivity contribution in [1.82, 2.24) is 0 Å². The van der Waals surface area contributed by atoms with Gasteiger partial charge in [0.2, 0.25) is 0 Å². The summed E-state index contributed by atoms with van der Waals surface area (Å²) in [6.07, 6.45) is 1.56. The third kappa shape index (κ3) is 4.07. The lowest BCUT2D eigenvalue weighted by molar-refractivity contribution is -0.139. The number of rotatable bonds is 5. The van der Waals surface area contributed by atoms with Crippen molar-refractivity contribution in [2.24, 2.45) is 0 Å². The van der Waals surface area contributed by atoms with Crippen molar-refractivity contribution in [3.8, 4) is 5.75 Å². The van der Waals surface area contributed by atoms with E-state index < -0.39 is 23.7 Å². The fourth-order valence-electron chi connectivity index (χ4n) is 2.30. The van der Waals surface area contributed by atoms with Crippen LogP contribution in [0.1, 0.15) is 5.56 Å². The van der Waals surface area contributed by atoms with E-state index in [-0.39, 0.29) is 4.91 Å². The van der Waals surface area contributed by atoms with Crippen molar-refractivity contribution in [2.45, 2.75) is 0 Å². The number of ether oxygens (including phenoxy) is 1. The highest BCUT2D eigenvalue weighted by Gasteiger charge is 2.36. The van der Waals surface area contributed by atoms with Crippen LogP contribution < -0.4 is 9.64 Å². The molecule has 2 amide bonds. The molecule has 1 fully saturated rings. The van der Waals surface area contributed by atoms with E-state index in [0.29, 0.717) is 22.0 Å². The van der Waals surface area contributed by atoms with Crippen LogP contribution in [-0.4, -0.2) is 28.8 Å². The van der Waals surface area contributed by atoms with Gasteiger partial charge in [0.05, 0.1) is 10.6 Å². The molecule has 1 saturated heterocycles. The molecule has 0 aliphatic carbocycles. The molecule has 6 nitrogen and oxygen atoms in total. The molecule has 0 atom stereocenters. The Bertz CT molecular complexity index is 927. The van der Waals surface area contributed by atoms with Crippen molar-refractivity contribution in [1.29, 1.82) is 0 Å². The number of carbonyl (C=O) groups is 3. The molecule has 0 aromatic heterocycles. The molecular weight excluding hydrogens is 378 g/mol. The van der Waals surface area contributed by atoms with Gasteiger partial charge in [-0.2, -0.15) is 0 Å². The lowest BCUT2D eigenvalue weighted by atomic mass is 10.2. The van der Waals surface area contributed by atoms with E-state index in [4.69, 9.17) is 21.4 Å². The summed E-state index contributed by atoms with van der Waals surface area (Å²) in [5.41, 5.74) is 1.02. The van der Waals surface area contributed by atoms with E-state index in [0.717, 1.165) is 16.7 Å². The first-order chi connectivity index (χ1) is 12.4. The summed E-state index contributed by atoms with van der Waals surface area (Å²) in [5, 5.41) is 8.67. The average molecular weight is 390 g/mol. The van der Waals surface area contributed by atoms with Gasteiger partial charge < -0.3 is 9.84 Å². The highest BCUT2D eigenvalue weighted by atomic mass is 35.5. The number of carboxylic acid groups (broad SMARTS) is 1. The number of hydrogen-bond acceptors (Lipinski definition) is 5. The lowest BCUT2D eigenvalue weighted by Crippen LogP contribution is -2.27. The van der Waals surface area contributed by atoms with Crippen molar-refractivity contribution >= 4 is 52.2 Å². The van der Waals surface area contributed by atoms with Crippen LogP contribution in [0.2, 0.25) is 5.02 Å². The Balaban J connectivity index is 1.84. The molecular formula is C18H12ClNO5S. The Morgan fingerprint density at radius 3 is 2.69 bits per heavy atom. The van der Waals surface area contributed by atoms with E-state index in [1.807, 2.05) is 0 Å². The van der Waals surface area contributed by atoms with E-state index >= 15 is 0 Å². The quantitative estimate of drug-likeness (QED) is 0.777. The van der Waals surface area contributed by atoms with Crippen LogP contribution in [0.25, 0.3) is 6.08 Å². The number of aliphatic carboxylic acids is 1. The van der Waals surface area contributed by atoms with Gasteiger partial charge in [-0.1, -0.05) is 29.8 Å². The van der Waals surface area contributed by atoms with Gasteiger partial charge in [0.25, 0.3) is 11.1 Å². The van der Waals surface area contributed by atoms with E-state index in [9.17, 15) is 14.4 Å². The number of carbonyl (C=O) groups excluding carboxylic acids is 2. The smallest absolute Gasteiger partial charge is 0.341 e. The number of halogens is 1. The van der Waals surface area contributed by atoms with Crippen molar-refractivity contribution in [3.63, 3.8) is 0 Å². The molecule has 2 aromatic carbocycles. The van der Waals surface area contributed by atoms with E-state index in [1.54, 1.807) is 54.6 Å². The summed E-state index contributed by atoms with van der Waals surface area (Å²) in [5.74, 6) is -1.17. The van der Waals surface area contributed by atoms with Crippen molar-refractivity contribution in [2.75, 3.05) is 11.5 Å². The van der Waals surface area contributed by atoms with Crippen LogP contribution in [-0.2, 0) is 9.59 Å². The Kier molecular flexibility index (Phi) is 5.29. The van der Waals surface area contributed by atoms with Crippen LogP contribution >= 0.6 is 23.4 Å². The topological polar surface area (TPSA) is 83.9 Å². The van der Waals surface area contributed by atoms with Gasteiger partial charge in [0.1, 0.15) is 5.75 Å². The third-order valence-corrected chi connectivity index (χ3v) is 4.48. The number of amides is 2. The molecule has 8 heteroatoms. The molecule has 132 valence electrons. The Morgan fingerprint density at radius 2 is 1.96 bits per heavy atom. The second-order valence-electron chi connectivity index (χ2n) is 5.25. The zero-order chi connectivity index (χ0) is 18.7. The maximum Gasteiger partial charge on any atom is 0.341 e. The van der Waals surface area contributed by atoms with E-state index in [1.165, 1.54) is 0 Å². The van der Waals surface area contributed by atoms with Gasteiger partial charge in [-0.05, 0) is 53.7 Å². The minimum atomic E-state index is -1.09. The maximum absolute atomic E-state index is 12.6. The predicted octanol–water partition coefficient (Wildman–Crippen LogP) is 4.04. The van der Waals surface area contributed by atoms with E-state index in [2.05, 4.69) is 0 Å². The van der Waals surface area contributed by atoms with Gasteiger partial charge in [-0.25, -0.2) is 9.69 Å². The first-order valence-corrected chi connectivity index (χ1v) is 8.61. The normalized spacial score (nSPS) is 15.6. The SMILES string of the molecule is O=C(O)COc1cccc(/C=C2/SC(=O)N(c3cccc(Cl)c3)C2=O)c1. The van der Waals surface area contributed by atoms with Crippen LogP contribution in [0.4, 0.5) is 10.5 Å². The molecule has 1 aliphatic heterocycles. The molecule has 0 saturated carbocycles. The summed E-state index contributed by atoms with van der Waals surface area (Å²) in [4.78, 5) is 36.7. The first kappa shape index (κ1) is 18.0. The molecule has 1 aliphatic rings. The summed E-state index contributed by atoms with van der Waals surface area (Å²) in [6.45, 7) is -0.464. The minimum Gasteiger partial charge on any atom is -0.482 e. The Hall–Kier alpha value is -2.77. The fraction of sp³-hybridized carbons (Fsp3) is 0.0556. The summed E-state index contributed by atoms with van der Waals surface area (Å²) < 4.78 is 5.11. The van der Waals surface area contributed by atoms with Gasteiger partial charge in [-0.3, -0.25) is 9.59 Å². The van der Waals surface area contributed by atoms with Gasteiger partial charge in [0.15, 0.2) is 6.61 Å². The number of thioether (sulfide) groups is 1. The summed E-state index contributed by atoms with van der Waals surface area (Å²) in [7, 11) is 0. The van der Waals surface area contributed by atoms with Gasteiger partial charge in [0, 0.05) is 5.02 Å². The molecule has 0 spiro atoms. The Labute approximate surface area is 158 Å². The third-order valence-electron chi connectivity index (χ3n) is 3.38. The predicted molar refractivity (Wildman–Crippen MR) is 99.5 cm³/mol. The average Bonchev–Trinajstić information content (AvgIpc) is 2.87. The largest absolute Gasteiger partial charge is 0.482 e. The fourth-order valence-corrected chi connectivity index (χ4v) is 3.32. The lowest BCUT2D eigenvalue weighted by Gasteiger charge is -2.12. The number of hydrogen-bond donors (Lipinski definition) is 1. The standard InChI is InChI=1S/C18H12ClNO5S/c19-12-4-2-5-13(9-12)20-17(23)15(26-18(20)24)8-11-3-1-6-14(7-11)25-10-16(21)22/h1-9H,10H2,(H,21,22)/b15-8+. The molecule has 0 unspecified atom stereocenters. The zero-order valence-electron chi connectivity index (χ0n) is 13.2. The molecule has 1 N–H and O–H groups in total. The molecule has 2 aromatic rings. The van der Waals surface area contributed by atoms with Crippen LogP contribution in [0.5, 0.6) is 5.75 Å².